The number of benzene rings is 2. The van der Waals surface area contributed by atoms with Gasteiger partial charge in [0.1, 0.15) is 11.4 Å². The van der Waals surface area contributed by atoms with Crippen LogP contribution in [0.15, 0.2) is 54.6 Å². The zero-order valence-corrected chi connectivity index (χ0v) is 16.0. The van der Waals surface area contributed by atoms with E-state index >= 15 is 0 Å². The van der Waals surface area contributed by atoms with E-state index in [1.165, 1.54) is 0 Å². The van der Waals surface area contributed by atoms with Crippen LogP contribution in [0, 0.1) is 0 Å². The van der Waals surface area contributed by atoms with Gasteiger partial charge < -0.3 is 10.1 Å². The molecule has 0 aromatic heterocycles. The average molecular weight is 378 g/mol. The maximum Gasteiger partial charge on any atom is 0.234 e. The van der Waals surface area contributed by atoms with Crippen molar-refractivity contribution in [1.29, 1.82) is 0 Å². The van der Waals surface area contributed by atoms with Crippen LogP contribution in [0.2, 0.25) is 0 Å². The fourth-order valence-electron chi connectivity index (χ4n) is 4.16. The van der Waals surface area contributed by atoms with Crippen LogP contribution < -0.4 is 10.1 Å². The number of Topliss-reactive ketones (excluding diaryl/α,β-unsaturated/α-hetero) is 1. The highest BCUT2D eigenvalue weighted by Crippen LogP contribution is 2.39. The van der Waals surface area contributed by atoms with Crippen molar-refractivity contribution in [2.75, 3.05) is 19.6 Å². The third kappa shape index (κ3) is 4.25. The molecule has 2 aromatic rings. The number of rotatable bonds is 4. The van der Waals surface area contributed by atoms with Crippen LogP contribution in [0.5, 0.6) is 5.75 Å². The number of ether oxygens (including phenoxy) is 1. The molecule has 28 heavy (non-hydrogen) atoms. The van der Waals surface area contributed by atoms with Crippen molar-refractivity contribution in [2.45, 2.75) is 37.8 Å². The number of amides is 1. The van der Waals surface area contributed by atoms with E-state index in [1.54, 1.807) is 0 Å². The second-order valence-corrected chi connectivity index (χ2v) is 7.77. The first-order chi connectivity index (χ1) is 13.6. The van der Waals surface area contributed by atoms with Crippen LogP contribution in [-0.2, 0) is 11.3 Å². The Bertz CT molecular complexity index is 852. The van der Waals surface area contributed by atoms with E-state index < -0.39 is 5.60 Å². The maximum absolute atomic E-state index is 12.6. The number of carbonyl (C=O) groups excluding carboxylic acids is 2. The summed E-state index contributed by atoms with van der Waals surface area (Å²) < 4.78 is 6.32. The standard InChI is InChI=1S/C23H26N2O3/c26-20-15-23(28-21-10-5-4-9-19(20)21)11-6-13-25(14-12-23)17-22(27)24-16-18-7-2-1-3-8-18/h1-5,7-10H,6,11-17H2,(H,24,27). The highest BCUT2D eigenvalue weighted by atomic mass is 16.5. The average Bonchev–Trinajstić information content (AvgIpc) is 2.89. The van der Waals surface area contributed by atoms with Gasteiger partial charge in [0.05, 0.1) is 18.5 Å². The molecular formula is C23H26N2O3. The van der Waals surface area contributed by atoms with Crippen molar-refractivity contribution >= 4 is 11.7 Å². The summed E-state index contributed by atoms with van der Waals surface area (Å²) in [6, 6.07) is 17.4. The van der Waals surface area contributed by atoms with E-state index in [9.17, 15) is 9.59 Å². The van der Waals surface area contributed by atoms with Crippen molar-refractivity contribution < 1.29 is 14.3 Å². The molecule has 4 rings (SSSR count). The molecule has 2 heterocycles. The third-order valence-corrected chi connectivity index (χ3v) is 5.69. The number of hydrogen-bond donors (Lipinski definition) is 1. The zero-order valence-electron chi connectivity index (χ0n) is 16.0. The molecule has 146 valence electrons. The Hall–Kier alpha value is -2.66. The molecule has 1 N–H and O–H groups in total. The third-order valence-electron chi connectivity index (χ3n) is 5.69. The lowest BCUT2D eigenvalue weighted by molar-refractivity contribution is -0.122. The molecule has 1 atom stereocenters. The topological polar surface area (TPSA) is 58.6 Å². The van der Waals surface area contributed by atoms with Gasteiger partial charge in [0.15, 0.2) is 5.78 Å². The smallest absolute Gasteiger partial charge is 0.234 e. The van der Waals surface area contributed by atoms with Gasteiger partial charge in [-0.2, -0.15) is 0 Å². The van der Waals surface area contributed by atoms with Gasteiger partial charge in [-0.3, -0.25) is 14.5 Å². The van der Waals surface area contributed by atoms with Crippen LogP contribution in [-0.4, -0.2) is 41.8 Å². The molecule has 1 fully saturated rings. The minimum Gasteiger partial charge on any atom is -0.486 e. The number of ketones is 1. The van der Waals surface area contributed by atoms with Gasteiger partial charge in [0.25, 0.3) is 0 Å². The highest BCUT2D eigenvalue weighted by molar-refractivity contribution is 6.00. The van der Waals surface area contributed by atoms with Crippen LogP contribution >= 0.6 is 0 Å². The second kappa shape index (κ2) is 8.15. The summed E-state index contributed by atoms with van der Waals surface area (Å²) in [5.74, 6) is 0.898. The number of nitrogens with one attached hydrogen (secondary N) is 1. The molecule has 0 radical (unpaired) electrons. The highest BCUT2D eigenvalue weighted by Gasteiger charge is 2.41. The Morgan fingerprint density at radius 1 is 1.04 bits per heavy atom. The number of fused-ring (bicyclic) bond motifs is 1. The van der Waals surface area contributed by atoms with Gasteiger partial charge in [0, 0.05) is 19.5 Å². The first kappa shape index (κ1) is 18.7. The van der Waals surface area contributed by atoms with Crippen molar-refractivity contribution in [3.05, 3.63) is 65.7 Å². The lowest BCUT2D eigenvalue weighted by Gasteiger charge is -2.37. The molecule has 2 aliphatic rings. The minimum atomic E-state index is -0.430. The van der Waals surface area contributed by atoms with Gasteiger partial charge >= 0.3 is 0 Å². The molecule has 1 spiro atoms. The Morgan fingerprint density at radius 2 is 1.82 bits per heavy atom. The molecule has 1 saturated heterocycles. The fraction of sp³-hybridized carbons (Fsp3) is 0.391. The van der Waals surface area contributed by atoms with E-state index in [0.29, 0.717) is 30.8 Å². The fourth-order valence-corrected chi connectivity index (χ4v) is 4.16. The quantitative estimate of drug-likeness (QED) is 0.888. The van der Waals surface area contributed by atoms with Crippen LogP contribution in [0.4, 0.5) is 0 Å². The van der Waals surface area contributed by atoms with E-state index in [1.807, 2.05) is 54.6 Å². The minimum absolute atomic E-state index is 0.0331. The Labute approximate surface area is 165 Å². The van der Waals surface area contributed by atoms with Gasteiger partial charge in [-0.05, 0) is 37.1 Å². The summed E-state index contributed by atoms with van der Waals surface area (Å²) >= 11 is 0. The molecule has 5 nitrogen and oxygen atoms in total. The summed E-state index contributed by atoms with van der Waals surface area (Å²) in [5.41, 5.74) is 1.36. The number of para-hydroxylation sites is 1. The maximum atomic E-state index is 12.6. The molecule has 0 saturated carbocycles. The molecule has 1 amide bonds. The van der Waals surface area contributed by atoms with Crippen molar-refractivity contribution in [2.24, 2.45) is 0 Å². The molecule has 5 heteroatoms. The van der Waals surface area contributed by atoms with E-state index in [0.717, 1.165) is 37.9 Å². The summed E-state index contributed by atoms with van der Waals surface area (Å²) in [7, 11) is 0. The van der Waals surface area contributed by atoms with Crippen LogP contribution in [0.1, 0.15) is 41.6 Å². The van der Waals surface area contributed by atoms with Crippen molar-refractivity contribution in [1.82, 2.24) is 10.2 Å². The zero-order chi connectivity index (χ0) is 19.4. The predicted molar refractivity (Wildman–Crippen MR) is 107 cm³/mol. The summed E-state index contributed by atoms with van der Waals surface area (Å²) in [6.45, 7) is 2.53. The molecule has 0 aliphatic carbocycles. The number of hydrogen-bond acceptors (Lipinski definition) is 4. The van der Waals surface area contributed by atoms with E-state index in [-0.39, 0.29) is 11.7 Å². The lowest BCUT2D eigenvalue weighted by Crippen LogP contribution is -2.43. The number of nitrogens with zero attached hydrogens (tertiary/aromatic N) is 1. The largest absolute Gasteiger partial charge is 0.486 e. The molecule has 2 aromatic carbocycles. The first-order valence-corrected chi connectivity index (χ1v) is 9.98. The summed E-state index contributed by atoms with van der Waals surface area (Å²) in [4.78, 5) is 27.1. The number of likely N-dealkylation sites (tertiary alicyclic amines) is 1. The predicted octanol–water partition coefficient (Wildman–Crippen LogP) is 3.19. The second-order valence-electron chi connectivity index (χ2n) is 7.77. The van der Waals surface area contributed by atoms with Crippen LogP contribution in [0.3, 0.4) is 0 Å². The van der Waals surface area contributed by atoms with Crippen molar-refractivity contribution in [3.63, 3.8) is 0 Å². The molecular weight excluding hydrogens is 352 g/mol. The normalized spacial score (nSPS) is 22.2. The van der Waals surface area contributed by atoms with Gasteiger partial charge in [0.2, 0.25) is 5.91 Å². The van der Waals surface area contributed by atoms with E-state index in [4.69, 9.17) is 4.74 Å². The molecule has 1 unspecified atom stereocenters. The summed E-state index contributed by atoms with van der Waals surface area (Å²) in [5, 5.41) is 2.99. The lowest BCUT2D eigenvalue weighted by atomic mass is 9.84. The summed E-state index contributed by atoms with van der Waals surface area (Å²) in [6.07, 6.45) is 2.95. The van der Waals surface area contributed by atoms with Gasteiger partial charge in [-0.25, -0.2) is 0 Å². The molecule has 2 aliphatic heterocycles. The Morgan fingerprint density at radius 3 is 2.68 bits per heavy atom. The van der Waals surface area contributed by atoms with Gasteiger partial charge in [-0.1, -0.05) is 42.5 Å². The van der Waals surface area contributed by atoms with Gasteiger partial charge in [-0.15, -0.1) is 0 Å². The monoisotopic (exact) mass is 378 g/mol. The first-order valence-electron chi connectivity index (χ1n) is 9.98. The van der Waals surface area contributed by atoms with E-state index in [2.05, 4.69) is 10.2 Å². The number of carbonyl (C=O) groups is 2. The Balaban J connectivity index is 1.33. The Kier molecular flexibility index (Phi) is 5.44. The van der Waals surface area contributed by atoms with Crippen molar-refractivity contribution in [3.8, 4) is 5.75 Å². The SMILES string of the molecule is O=C(CN1CCCC2(CC1)CC(=O)c1ccccc1O2)NCc1ccccc1. The molecule has 0 bridgehead atoms. The van der Waals surface area contributed by atoms with Crippen LogP contribution in [0.25, 0.3) is 0 Å².